The Labute approximate surface area is 114 Å². The van der Waals surface area contributed by atoms with Crippen LogP contribution in [-0.4, -0.2) is 25.8 Å². The van der Waals surface area contributed by atoms with E-state index in [0.29, 0.717) is 0 Å². The van der Waals surface area contributed by atoms with Crippen molar-refractivity contribution in [2.75, 3.05) is 0 Å². The first-order valence-electron chi connectivity index (χ1n) is 6.76. The van der Waals surface area contributed by atoms with Crippen LogP contribution >= 0.6 is 0 Å². The maximum Gasteiger partial charge on any atom is 0.214 e. The first-order chi connectivity index (χ1) is 8.99. The summed E-state index contributed by atoms with van der Waals surface area (Å²) in [6, 6.07) is 7.69. The molecule has 0 aromatic heterocycles. The topological polar surface area (TPSA) is 55.4 Å². The Morgan fingerprint density at radius 2 is 2.00 bits per heavy atom. The number of rotatable bonds is 4. The van der Waals surface area contributed by atoms with Gasteiger partial charge in [0.1, 0.15) is 11.9 Å². The molecule has 1 heterocycles. The second kappa shape index (κ2) is 4.49. The second-order valence-corrected chi connectivity index (χ2v) is 7.55. The standard InChI is InChI=1S/C14H19NO3S/c1-9-12-5-3-4-6-13(12)18-14(9)10(2)15-19(16,17)11-7-8-11/h3-6,9-11,14-15H,7-8H2,1-2H3. The van der Waals surface area contributed by atoms with Crippen molar-refractivity contribution in [3.63, 3.8) is 0 Å². The van der Waals surface area contributed by atoms with E-state index in [1.807, 2.05) is 31.2 Å². The lowest BCUT2D eigenvalue weighted by Gasteiger charge is -2.23. The first-order valence-corrected chi connectivity index (χ1v) is 8.30. The van der Waals surface area contributed by atoms with Crippen LogP contribution in [-0.2, 0) is 10.0 Å². The summed E-state index contributed by atoms with van der Waals surface area (Å²) >= 11 is 0. The van der Waals surface area contributed by atoms with Crippen molar-refractivity contribution in [1.82, 2.24) is 4.72 Å². The molecular formula is C14H19NO3S. The third kappa shape index (κ3) is 2.37. The molecule has 0 spiro atoms. The van der Waals surface area contributed by atoms with Crippen LogP contribution in [0.25, 0.3) is 0 Å². The summed E-state index contributed by atoms with van der Waals surface area (Å²) in [5.41, 5.74) is 1.16. The van der Waals surface area contributed by atoms with Crippen molar-refractivity contribution < 1.29 is 13.2 Å². The van der Waals surface area contributed by atoms with E-state index in [2.05, 4.69) is 11.6 Å². The smallest absolute Gasteiger partial charge is 0.214 e. The molecule has 104 valence electrons. The second-order valence-electron chi connectivity index (χ2n) is 5.56. The summed E-state index contributed by atoms with van der Waals surface area (Å²) in [6.45, 7) is 3.96. The zero-order valence-electron chi connectivity index (χ0n) is 11.2. The van der Waals surface area contributed by atoms with Gasteiger partial charge in [0.05, 0.1) is 11.3 Å². The van der Waals surface area contributed by atoms with Crippen molar-refractivity contribution in [2.45, 2.75) is 50.0 Å². The molecule has 0 amide bonds. The third-order valence-corrected chi connectivity index (χ3v) is 6.02. The molecule has 2 aliphatic rings. The van der Waals surface area contributed by atoms with Gasteiger partial charge in [-0.3, -0.25) is 0 Å². The molecule has 1 aliphatic heterocycles. The molecular weight excluding hydrogens is 262 g/mol. The van der Waals surface area contributed by atoms with Gasteiger partial charge in [-0.15, -0.1) is 0 Å². The summed E-state index contributed by atoms with van der Waals surface area (Å²) in [7, 11) is -3.16. The van der Waals surface area contributed by atoms with Gasteiger partial charge in [-0.05, 0) is 25.8 Å². The monoisotopic (exact) mass is 281 g/mol. The number of benzene rings is 1. The molecule has 5 heteroatoms. The fourth-order valence-electron chi connectivity index (χ4n) is 2.73. The van der Waals surface area contributed by atoms with Crippen molar-refractivity contribution in [3.05, 3.63) is 29.8 Å². The predicted octanol–water partition coefficient (Wildman–Crippen LogP) is 2.02. The minimum absolute atomic E-state index is 0.133. The average Bonchev–Trinajstić information content (AvgIpc) is 3.16. The fraction of sp³-hybridized carbons (Fsp3) is 0.571. The molecule has 0 saturated heterocycles. The normalized spacial score (nSPS) is 27.7. The van der Waals surface area contributed by atoms with Gasteiger partial charge in [0.25, 0.3) is 0 Å². The minimum Gasteiger partial charge on any atom is -0.488 e. The molecule has 1 N–H and O–H groups in total. The van der Waals surface area contributed by atoms with E-state index >= 15 is 0 Å². The summed E-state index contributed by atoms with van der Waals surface area (Å²) in [5, 5.41) is -0.186. The minimum atomic E-state index is -3.16. The highest BCUT2D eigenvalue weighted by Gasteiger charge is 2.40. The van der Waals surface area contributed by atoms with Gasteiger partial charge in [-0.25, -0.2) is 13.1 Å². The first kappa shape index (κ1) is 12.9. The van der Waals surface area contributed by atoms with Crippen molar-refractivity contribution in [1.29, 1.82) is 0 Å². The van der Waals surface area contributed by atoms with Gasteiger partial charge >= 0.3 is 0 Å². The maximum absolute atomic E-state index is 12.0. The molecule has 4 nitrogen and oxygen atoms in total. The predicted molar refractivity (Wildman–Crippen MR) is 73.8 cm³/mol. The van der Waals surface area contributed by atoms with Crippen LogP contribution in [0.2, 0.25) is 0 Å². The number of nitrogens with one attached hydrogen (secondary N) is 1. The molecule has 0 bridgehead atoms. The number of ether oxygens (including phenoxy) is 1. The van der Waals surface area contributed by atoms with E-state index in [9.17, 15) is 8.42 Å². The van der Waals surface area contributed by atoms with Crippen LogP contribution in [0.5, 0.6) is 5.75 Å². The number of para-hydroxylation sites is 1. The fourth-order valence-corrected chi connectivity index (χ4v) is 4.33. The molecule has 3 atom stereocenters. The number of fused-ring (bicyclic) bond motifs is 1. The SMILES string of the molecule is CC(NS(=O)(=O)C1CC1)C1Oc2ccccc2C1C. The highest BCUT2D eigenvalue weighted by atomic mass is 32.2. The van der Waals surface area contributed by atoms with Crippen molar-refractivity contribution >= 4 is 10.0 Å². The van der Waals surface area contributed by atoms with Gasteiger partial charge in [0, 0.05) is 11.5 Å². The molecule has 1 fully saturated rings. The van der Waals surface area contributed by atoms with Crippen molar-refractivity contribution in [2.24, 2.45) is 0 Å². The van der Waals surface area contributed by atoms with E-state index in [1.54, 1.807) is 0 Å². The zero-order chi connectivity index (χ0) is 13.6. The molecule has 1 saturated carbocycles. The Morgan fingerprint density at radius 3 is 2.63 bits per heavy atom. The summed E-state index contributed by atoms with van der Waals surface area (Å²) in [6.07, 6.45) is 1.43. The molecule has 3 unspecified atom stereocenters. The van der Waals surface area contributed by atoms with Gasteiger partial charge < -0.3 is 4.74 Å². The van der Waals surface area contributed by atoms with Crippen molar-refractivity contribution in [3.8, 4) is 5.75 Å². The molecule has 19 heavy (non-hydrogen) atoms. The van der Waals surface area contributed by atoms with Crippen LogP contribution in [0.4, 0.5) is 0 Å². The number of hydrogen-bond acceptors (Lipinski definition) is 3. The van der Waals surface area contributed by atoms with Gasteiger partial charge in [0.15, 0.2) is 0 Å². The van der Waals surface area contributed by atoms with E-state index in [0.717, 1.165) is 24.2 Å². The zero-order valence-corrected chi connectivity index (χ0v) is 12.0. The van der Waals surface area contributed by atoms with Crippen LogP contribution in [0.15, 0.2) is 24.3 Å². The Kier molecular flexibility index (Phi) is 3.06. The molecule has 3 rings (SSSR count). The highest BCUT2D eigenvalue weighted by molar-refractivity contribution is 7.90. The molecule has 0 radical (unpaired) electrons. The van der Waals surface area contributed by atoms with Crippen LogP contribution in [0.1, 0.15) is 38.2 Å². The van der Waals surface area contributed by atoms with Gasteiger partial charge in [-0.1, -0.05) is 25.1 Å². The van der Waals surface area contributed by atoms with E-state index in [4.69, 9.17) is 4.74 Å². The molecule has 1 aromatic carbocycles. The summed E-state index contributed by atoms with van der Waals surface area (Å²) in [4.78, 5) is 0. The van der Waals surface area contributed by atoms with E-state index in [1.165, 1.54) is 0 Å². The van der Waals surface area contributed by atoms with Gasteiger partial charge in [0.2, 0.25) is 10.0 Å². The molecule has 1 aliphatic carbocycles. The van der Waals surface area contributed by atoms with E-state index in [-0.39, 0.29) is 23.3 Å². The maximum atomic E-state index is 12.0. The lowest BCUT2D eigenvalue weighted by Crippen LogP contribution is -2.45. The van der Waals surface area contributed by atoms with Crippen LogP contribution in [0.3, 0.4) is 0 Å². The highest BCUT2D eigenvalue weighted by Crippen LogP contribution is 2.39. The van der Waals surface area contributed by atoms with Gasteiger partial charge in [-0.2, -0.15) is 0 Å². The lowest BCUT2D eigenvalue weighted by atomic mass is 9.94. The third-order valence-electron chi connectivity index (χ3n) is 3.97. The Morgan fingerprint density at radius 1 is 1.32 bits per heavy atom. The average molecular weight is 281 g/mol. The number of hydrogen-bond donors (Lipinski definition) is 1. The Hall–Kier alpha value is -1.07. The quantitative estimate of drug-likeness (QED) is 0.918. The summed E-state index contributed by atoms with van der Waals surface area (Å²) in [5.74, 6) is 1.07. The lowest BCUT2D eigenvalue weighted by molar-refractivity contribution is 0.177. The van der Waals surface area contributed by atoms with Crippen LogP contribution < -0.4 is 9.46 Å². The Balaban J connectivity index is 1.74. The largest absolute Gasteiger partial charge is 0.488 e. The molecule has 1 aromatic rings. The summed E-state index contributed by atoms with van der Waals surface area (Å²) < 4.78 is 32.6. The number of sulfonamides is 1. The Bertz CT molecular complexity index is 580. The van der Waals surface area contributed by atoms with Crippen LogP contribution in [0, 0.1) is 0 Å². The van der Waals surface area contributed by atoms with E-state index < -0.39 is 10.0 Å².